The number of aryl methyl sites for hydroxylation is 2. The van der Waals surface area contributed by atoms with Gasteiger partial charge >= 0.3 is 0 Å². The Balaban J connectivity index is 2.13. The third-order valence-electron chi connectivity index (χ3n) is 2.51. The molecule has 96 valence electrons. The molecule has 0 aromatic carbocycles. The van der Waals surface area contributed by atoms with Gasteiger partial charge in [0.25, 0.3) is 0 Å². The summed E-state index contributed by atoms with van der Waals surface area (Å²) in [6.45, 7) is 3.23. The van der Waals surface area contributed by atoms with Crippen LogP contribution in [0.3, 0.4) is 0 Å². The van der Waals surface area contributed by atoms with Crippen molar-refractivity contribution in [3.05, 3.63) is 34.0 Å². The highest BCUT2D eigenvalue weighted by atomic mass is 32.1. The number of ether oxygens (including phenoxy) is 1. The van der Waals surface area contributed by atoms with Gasteiger partial charge in [-0.1, -0.05) is 0 Å². The van der Waals surface area contributed by atoms with Crippen molar-refractivity contribution in [2.45, 2.75) is 19.9 Å². The third-order valence-corrected chi connectivity index (χ3v) is 3.42. The predicted molar refractivity (Wildman–Crippen MR) is 69.0 cm³/mol. The summed E-state index contributed by atoms with van der Waals surface area (Å²) in [6, 6.07) is 1.74. The van der Waals surface area contributed by atoms with E-state index in [0.29, 0.717) is 23.7 Å². The van der Waals surface area contributed by atoms with Gasteiger partial charge < -0.3 is 4.74 Å². The van der Waals surface area contributed by atoms with E-state index in [1.165, 1.54) is 11.3 Å². The molecule has 18 heavy (non-hydrogen) atoms. The molecule has 5 nitrogen and oxygen atoms in total. The first-order valence-corrected chi connectivity index (χ1v) is 6.52. The van der Waals surface area contributed by atoms with Crippen molar-refractivity contribution in [3.8, 4) is 0 Å². The minimum atomic E-state index is -0.0180. The van der Waals surface area contributed by atoms with E-state index >= 15 is 0 Å². The van der Waals surface area contributed by atoms with E-state index < -0.39 is 0 Å². The summed E-state index contributed by atoms with van der Waals surface area (Å²) in [4.78, 5) is 17.0. The molecule has 0 bridgehead atoms. The van der Waals surface area contributed by atoms with Crippen LogP contribution in [-0.4, -0.2) is 34.3 Å². The lowest BCUT2D eigenvalue weighted by Gasteiger charge is -2.05. The molecule has 0 fully saturated rings. The number of thiazole rings is 1. The largest absolute Gasteiger partial charge is 0.385 e. The summed E-state index contributed by atoms with van der Waals surface area (Å²) in [5, 5.41) is 5.06. The fraction of sp³-hybridized carbons (Fsp3) is 0.417. The Bertz CT molecular complexity index is 533. The number of hydrogen-bond donors (Lipinski definition) is 0. The van der Waals surface area contributed by atoms with Crippen molar-refractivity contribution in [2.24, 2.45) is 0 Å². The maximum Gasteiger partial charge on any atom is 0.222 e. The van der Waals surface area contributed by atoms with Crippen LogP contribution in [0.2, 0.25) is 0 Å². The van der Waals surface area contributed by atoms with Crippen LogP contribution in [0.1, 0.15) is 26.8 Å². The monoisotopic (exact) mass is 265 g/mol. The highest BCUT2D eigenvalue weighted by Gasteiger charge is 2.16. The molecular weight excluding hydrogens is 250 g/mol. The van der Waals surface area contributed by atoms with Crippen LogP contribution in [0, 0.1) is 6.92 Å². The number of carbonyl (C=O) groups excluding carboxylic acids is 1. The van der Waals surface area contributed by atoms with Gasteiger partial charge in [0.15, 0.2) is 0 Å². The Morgan fingerprint density at radius 3 is 3.06 bits per heavy atom. The van der Waals surface area contributed by atoms with E-state index in [9.17, 15) is 4.79 Å². The Hall–Kier alpha value is -1.53. The van der Waals surface area contributed by atoms with Gasteiger partial charge in [0.2, 0.25) is 5.78 Å². The van der Waals surface area contributed by atoms with Crippen LogP contribution >= 0.6 is 11.3 Å². The molecule has 0 N–H and O–H groups in total. The number of carbonyl (C=O) groups is 1. The number of aromatic nitrogens is 3. The lowest BCUT2D eigenvalue weighted by molar-refractivity contribution is 0.103. The van der Waals surface area contributed by atoms with Gasteiger partial charge in [-0.05, 0) is 19.4 Å². The van der Waals surface area contributed by atoms with Crippen LogP contribution in [0.15, 0.2) is 18.5 Å². The number of ketones is 1. The second-order valence-electron chi connectivity index (χ2n) is 3.86. The highest BCUT2D eigenvalue weighted by molar-refractivity contribution is 7.13. The maximum atomic E-state index is 12.3. The molecule has 2 rings (SSSR count). The van der Waals surface area contributed by atoms with E-state index in [4.69, 9.17) is 4.74 Å². The third kappa shape index (κ3) is 2.83. The van der Waals surface area contributed by atoms with E-state index in [1.54, 1.807) is 30.3 Å². The average molecular weight is 265 g/mol. The Morgan fingerprint density at radius 2 is 2.39 bits per heavy atom. The van der Waals surface area contributed by atoms with Crippen LogP contribution in [0.25, 0.3) is 0 Å². The molecule has 2 aromatic rings. The molecule has 0 atom stereocenters. The minimum Gasteiger partial charge on any atom is -0.385 e. The van der Waals surface area contributed by atoms with Crippen LogP contribution in [-0.2, 0) is 11.3 Å². The first-order chi connectivity index (χ1) is 8.72. The van der Waals surface area contributed by atoms with Gasteiger partial charge in [0, 0.05) is 32.7 Å². The second kappa shape index (κ2) is 5.88. The first-order valence-electron chi connectivity index (χ1n) is 5.70. The lowest BCUT2D eigenvalue weighted by Crippen LogP contribution is -2.12. The molecule has 6 heteroatoms. The van der Waals surface area contributed by atoms with Crippen LogP contribution < -0.4 is 0 Å². The summed E-state index contributed by atoms with van der Waals surface area (Å²) in [5.41, 5.74) is 0.606. The molecule has 0 aliphatic rings. The molecular formula is C12H15N3O2S. The second-order valence-corrected chi connectivity index (χ2v) is 5.09. The van der Waals surface area contributed by atoms with Gasteiger partial charge in [-0.3, -0.25) is 9.48 Å². The lowest BCUT2D eigenvalue weighted by atomic mass is 10.2. The highest BCUT2D eigenvalue weighted by Crippen LogP contribution is 2.16. The van der Waals surface area contributed by atoms with Crippen molar-refractivity contribution in [1.29, 1.82) is 0 Å². The molecule has 0 saturated carbocycles. The van der Waals surface area contributed by atoms with Crippen molar-refractivity contribution >= 4 is 17.1 Å². The number of hydrogen-bond acceptors (Lipinski definition) is 5. The number of nitrogens with zero attached hydrogens (tertiary/aromatic N) is 3. The summed E-state index contributed by atoms with van der Waals surface area (Å²) in [5.74, 6) is -0.0180. The minimum absolute atomic E-state index is 0.0180. The standard InChI is InChI=1S/C12H15N3O2S/c1-9-13-8-11(18-9)12(16)10-4-5-14-15(10)6-3-7-17-2/h4-5,8H,3,6-7H2,1-2H3. The number of methoxy groups -OCH3 is 1. The summed E-state index contributed by atoms with van der Waals surface area (Å²) in [7, 11) is 1.66. The predicted octanol–water partition coefficient (Wildman–Crippen LogP) is 1.92. The zero-order chi connectivity index (χ0) is 13.0. The number of rotatable bonds is 6. The molecule has 2 heterocycles. The van der Waals surface area contributed by atoms with Crippen molar-refractivity contribution in [3.63, 3.8) is 0 Å². The average Bonchev–Trinajstić information content (AvgIpc) is 2.97. The molecule has 0 aliphatic carbocycles. The van der Waals surface area contributed by atoms with Gasteiger partial charge in [-0.2, -0.15) is 5.10 Å². The Morgan fingerprint density at radius 1 is 1.56 bits per heavy atom. The molecule has 2 aromatic heterocycles. The van der Waals surface area contributed by atoms with Crippen molar-refractivity contribution < 1.29 is 9.53 Å². The van der Waals surface area contributed by atoms with E-state index in [0.717, 1.165) is 11.4 Å². The van der Waals surface area contributed by atoms with Crippen molar-refractivity contribution in [1.82, 2.24) is 14.8 Å². The Labute approximate surface area is 109 Å². The molecule has 0 unspecified atom stereocenters. The summed E-state index contributed by atoms with van der Waals surface area (Å²) < 4.78 is 6.71. The van der Waals surface area contributed by atoms with E-state index in [-0.39, 0.29) is 5.78 Å². The maximum absolute atomic E-state index is 12.3. The fourth-order valence-corrected chi connectivity index (χ4v) is 2.38. The van der Waals surface area contributed by atoms with Gasteiger partial charge in [-0.15, -0.1) is 11.3 Å². The van der Waals surface area contributed by atoms with Gasteiger partial charge in [0.05, 0.1) is 9.88 Å². The molecule has 0 amide bonds. The zero-order valence-electron chi connectivity index (χ0n) is 10.4. The normalized spacial score (nSPS) is 10.8. The molecule has 0 radical (unpaired) electrons. The van der Waals surface area contributed by atoms with Crippen molar-refractivity contribution in [2.75, 3.05) is 13.7 Å². The van der Waals surface area contributed by atoms with Crippen LogP contribution in [0.5, 0.6) is 0 Å². The summed E-state index contributed by atoms with van der Waals surface area (Å²) >= 11 is 1.40. The van der Waals surface area contributed by atoms with E-state index in [1.807, 2.05) is 6.92 Å². The molecule has 0 spiro atoms. The smallest absolute Gasteiger partial charge is 0.222 e. The van der Waals surface area contributed by atoms with Crippen LogP contribution in [0.4, 0.5) is 0 Å². The fourth-order valence-electron chi connectivity index (χ4n) is 1.65. The Kier molecular flexibility index (Phi) is 4.22. The van der Waals surface area contributed by atoms with E-state index in [2.05, 4.69) is 10.1 Å². The molecule has 0 saturated heterocycles. The van der Waals surface area contributed by atoms with Gasteiger partial charge in [-0.25, -0.2) is 4.98 Å². The molecule has 0 aliphatic heterocycles. The van der Waals surface area contributed by atoms with Gasteiger partial charge in [0.1, 0.15) is 5.69 Å². The topological polar surface area (TPSA) is 57.0 Å². The zero-order valence-corrected chi connectivity index (χ0v) is 11.2. The SMILES string of the molecule is COCCCn1nccc1C(=O)c1cnc(C)s1. The summed E-state index contributed by atoms with van der Waals surface area (Å²) in [6.07, 6.45) is 4.10. The first kappa shape index (κ1) is 12.9. The quantitative estimate of drug-likeness (QED) is 0.591.